The van der Waals surface area contributed by atoms with Gasteiger partial charge in [-0.25, -0.2) is 13.4 Å². The number of nitrogens with zero attached hydrogens (tertiary/aromatic N) is 2. The molecule has 0 fully saturated rings. The molecule has 0 aliphatic carbocycles. The van der Waals surface area contributed by atoms with Crippen LogP contribution in [-0.2, 0) is 14.6 Å². The summed E-state index contributed by atoms with van der Waals surface area (Å²) < 4.78 is 22.4. The van der Waals surface area contributed by atoms with Crippen LogP contribution in [0, 0.1) is 0 Å². The standard InChI is InChI=1S/C13H28N4O3S2/c1-11(6-9-22(5,19)20)16-13(14-7-8-21-4)15-10-12(18)17(2)3/h11H,6-10H2,1-5H3,(H2,14,15,16). The van der Waals surface area contributed by atoms with E-state index in [0.717, 1.165) is 12.3 Å². The van der Waals surface area contributed by atoms with Gasteiger partial charge >= 0.3 is 0 Å². The molecular weight excluding hydrogens is 324 g/mol. The third kappa shape index (κ3) is 11.7. The number of nitrogens with one attached hydrogen (secondary N) is 2. The van der Waals surface area contributed by atoms with Gasteiger partial charge in [-0.1, -0.05) is 0 Å². The molecule has 0 radical (unpaired) electrons. The summed E-state index contributed by atoms with van der Waals surface area (Å²) in [5.74, 6) is 1.48. The van der Waals surface area contributed by atoms with E-state index in [0.29, 0.717) is 12.4 Å². The summed E-state index contributed by atoms with van der Waals surface area (Å²) in [6.45, 7) is 2.67. The summed E-state index contributed by atoms with van der Waals surface area (Å²) >= 11 is 1.71. The molecule has 0 aromatic rings. The van der Waals surface area contributed by atoms with Gasteiger partial charge in [0.2, 0.25) is 5.91 Å². The number of hydrogen-bond donors (Lipinski definition) is 2. The lowest BCUT2D eigenvalue weighted by molar-refractivity contribution is -0.127. The molecule has 0 aromatic heterocycles. The van der Waals surface area contributed by atoms with Gasteiger partial charge in [0.25, 0.3) is 0 Å². The molecule has 22 heavy (non-hydrogen) atoms. The van der Waals surface area contributed by atoms with Gasteiger partial charge in [-0.3, -0.25) is 4.79 Å². The Morgan fingerprint density at radius 3 is 2.50 bits per heavy atom. The molecule has 0 aliphatic heterocycles. The van der Waals surface area contributed by atoms with Crippen molar-refractivity contribution in [2.24, 2.45) is 4.99 Å². The van der Waals surface area contributed by atoms with Crippen molar-refractivity contribution < 1.29 is 13.2 Å². The largest absolute Gasteiger partial charge is 0.356 e. The number of amides is 1. The number of sulfone groups is 1. The topological polar surface area (TPSA) is 90.9 Å². The molecule has 0 bridgehead atoms. The zero-order valence-corrected chi connectivity index (χ0v) is 15.7. The van der Waals surface area contributed by atoms with Crippen molar-refractivity contribution in [1.29, 1.82) is 0 Å². The number of guanidine groups is 1. The molecule has 9 heteroatoms. The van der Waals surface area contributed by atoms with E-state index in [9.17, 15) is 13.2 Å². The lowest BCUT2D eigenvalue weighted by Gasteiger charge is -2.18. The Balaban J connectivity index is 4.56. The molecule has 0 heterocycles. The Kier molecular flexibility index (Phi) is 10.2. The van der Waals surface area contributed by atoms with Gasteiger partial charge in [-0.2, -0.15) is 11.8 Å². The summed E-state index contributed by atoms with van der Waals surface area (Å²) in [6.07, 6.45) is 3.72. The first-order valence-corrected chi connectivity index (χ1v) is 10.5. The molecule has 0 aliphatic rings. The predicted molar refractivity (Wildman–Crippen MR) is 94.3 cm³/mol. The van der Waals surface area contributed by atoms with Crippen molar-refractivity contribution in [3.05, 3.63) is 0 Å². The van der Waals surface area contributed by atoms with E-state index in [1.807, 2.05) is 13.2 Å². The highest BCUT2D eigenvalue weighted by Gasteiger charge is 2.10. The van der Waals surface area contributed by atoms with Crippen LogP contribution in [0.5, 0.6) is 0 Å². The first-order chi connectivity index (χ1) is 10.2. The van der Waals surface area contributed by atoms with Crippen molar-refractivity contribution in [3.8, 4) is 0 Å². The first-order valence-electron chi connectivity index (χ1n) is 7.07. The summed E-state index contributed by atoms with van der Waals surface area (Å²) in [6, 6.07) is -0.0512. The van der Waals surface area contributed by atoms with E-state index in [4.69, 9.17) is 0 Å². The molecule has 7 nitrogen and oxygen atoms in total. The minimum atomic E-state index is -2.98. The predicted octanol–water partition coefficient (Wildman–Crippen LogP) is -0.204. The number of carbonyl (C=O) groups is 1. The molecule has 0 rings (SSSR count). The van der Waals surface area contributed by atoms with Gasteiger partial charge in [-0.05, 0) is 19.6 Å². The van der Waals surface area contributed by atoms with Gasteiger partial charge in [0.1, 0.15) is 16.4 Å². The second-order valence-electron chi connectivity index (χ2n) is 5.34. The monoisotopic (exact) mass is 352 g/mol. The molecule has 1 amide bonds. The molecule has 0 aromatic carbocycles. The number of carbonyl (C=O) groups excluding carboxylic acids is 1. The van der Waals surface area contributed by atoms with Gasteiger partial charge < -0.3 is 15.5 Å². The number of thioether (sulfide) groups is 1. The maximum atomic E-state index is 11.6. The van der Waals surface area contributed by atoms with Crippen LogP contribution in [0.15, 0.2) is 4.99 Å². The minimum Gasteiger partial charge on any atom is -0.356 e. The number of rotatable bonds is 9. The van der Waals surface area contributed by atoms with Crippen molar-refractivity contribution in [3.63, 3.8) is 0 Å². The van der Waals surface area contributed by atoms with Crippen molar-refractivity contribution in [2.45, 2.75) is 19.4 Å². The fourth-order valence-electron chi connectivity index (χ4n) is 1.41. The average Bonchev–Trinajstić information content (AvgIpc) is 2.41. The van der Waals surface area contributed by atoms with Crippen LogP contribution in [0.25, 0.3) is 0 Å². The third-order valence-corrected chi connectivity index (χ3v) is 4.36. The van der Waals surface area contributed by atoms with Crippen LogP contribution in [0.4, 0.5) is 0 Å². The minimum absolute atomic E-state index is 0.0512. The van der Waals surface area contributed by atoms with Crippen molar-refractivity contribution in [1.82, 2.24) is 15.5 Å². The lowest BCUT2D eigenvalue weighted by atomic mass is 10.3. The quantitative estimate of drug-likeness (QED) is 0.339. The fourth-order valence-corrected chi connectivity index (χ4v) is 2.50. The van der Waals surface area contributed by atoms with Gasteiger partial charge in [0.15, 0.2) is 5.96 Å². The second-order valence-corrected chi connectivity index (χ2v) is 8.58. The van der Waals surface area contributed by atoms with E-state index >= 15 is 0 Å². The van der Waals surface area contributed by atoms with E-state index in [2.05, 4.69) is 15.6 Å². The average molecular weight is 353 g/mol. The zero-order chi connectivity index (χ0) is 17.2. The second kappa shape index (κ2) is 10.7. The highest BCUT2D eigenvalue weighted by Crippen LogP contribution is 1.96. The van der Waals surface area contributed by atoms with Crippen molar-refractivity contribution >= 4 is 33.5 Å². The third-order valence-electron chi connectivity index (χ3n) is 2.77. The van der Waals surface area contributed by atoms with Crippen LogP contribution in [0.1, 0.15) is 13.3 Å². The molecule has 1 unspecified atom stereocenters. The molecular formula is C13H28N4O3S2. The summed E-state index contributed by atoms with van der Waals surface area (Å²) in [5, 5.41) is 6.28. The normalized spacial score (nSPS) is 13.6. The molecule has 130 valence electrons. The molecule has 0 saturated carbocycles. The van der Waals surface area contributed by atoms with Crippen LogP contribution < -0.4 is 10.6 Å². The Morgan fingerprint density at radius 2 is 2.00 bits per heavy atom. The number of aliphatic imine (C=N–C) groups is 1. The molecule has 0 spiro atoms. The Morgan fingerprint density at radius 1 is 1.36 bits per heavy atom. The fraction of sp³-hybridized carbons (Fsp3) is 0.846. The lowest BCUT2D eigenvalue weighted by Crippen LogP contribution is -2.44. The van der Waals surface area contributed by atoms with E-state index in [1.165, 1.54) is 11.2 Å². The maximum Gasteiger partial charge on any atom is 0.243 e. The van der Waals surface area contributed by atoms with E-state index in [1.54, 1.807) is 25.9 Å². The van der Waals surface area contributed by atoms with Crippen molar-refractivity contribution in [2.75, 3.05) is 51.2 Å². The Bertz CT molecular complexity index is 464. The van der Waals surface area contributed by atoms with Gasteiger partial charge in [-0.15, -0.1) is 0 Å². The Hall–Kier alpha value is -0.960. The van der Waals surface area contributed by atoms with Crippen LogP contribution >= 0.6 is 11.8 Å². The van der Waals surface area contributed by atoms with E-state index < -0.39 is 9.84 Å². The zero-order valence-electron chi connectivity index (χ0n) is 14.0. The highest BCUT2D eigenvalue weighted by molar-refractivity contribution is 7.98. The summed E-state index contributed by atoms with van der Waals surface area (Å²) in [4.78, 5) is 17.3. The first kappa shape index (κ1) is 21.0. The number of hydrogen-bond acceptors (Lipinski definition) is 5. The van der Waals surface area contributed by atoms with Gasteiger partial charge in [0, 0.05) is 38.7 Å². The maximum absolute atomic E-state index is 11.6. The summed E-state index contributed by atoms with van der Waals surface area (Å²) in [7, 11) is 0.386. The SMILES string of the molecule is CSCCNC(=NCC(=O)N(C)C)NC(C)CCS(C)(=O)=O. The summed E-state index contributed by atoms with van der Waals surface area (Å²) in [5.41, 5.74) is 0. The molecule has 0 saturated heterocycles. The van der Waals surface area contributed by atoms with Crippen LogP contribution in [-0.4, -0.2) is 82.4 Å². The highest BCUT2D eigenvalue weighted by atomic mass is 32.2. The van der Waals surface area contributed by atoms with Crippen LogP contribution in [0.3, 0.4) is 0 Å². The molecule has 1 atom stereocenters. The molecule has 2 N–H and O–H groups in total. The smallest absolute Gasteiger partial charge is 0.243 e. The van der Waals surface area contributed by atoms with E-state index in [-0.39, 0.29) is 24.2 Å². The van der Waals surface area contributed by atoms with Crippen LogP contribution in [0.2, 0.25) is 0 Å². The number of likely N-dealkylation sites (N-methyl/N-ethyl adjacent to an activating group) is 1. The Labute approximate surface area is 138 Å². The van der Waals surface area contributed by atoms with Gasteiger partial charge in [0.05, 0.1) is 5.75 Å².